The van der Waals surface area contributed by atoms with Crippen molar-refractivity contribution in [3.63, 3.8) is 0 Å². The summed E-state index contributed by atoms with van der Waals surface area (Å²) < 4.78 is 19.3. The highest BCUT2D eigenvalue weighted by atomic mass is 35.5. The normalized spacial score (nSPS) is 10.4. The lowest BCUT2D eigenvalue weighted by atomic mass is 10.1. The third-order valence-electron chi connectivity index (χ3n) is 2.84. The summed E-state index contributed by atoms with van der Waals surface area (Å²) in [5.74, 6) is 1.00. The fourth-order valence-electron chi connectivity index (χ4n) is 1.71. The predicted molar refractivity (Wildman–Crippen MR) is 71.9 cm³/mol. The summed E-state index contributed by atoms with van der Waals surface area (Å²) >= 11 is 5.79. The molecule has 18 heavy (non-hydrogen) atoms. The lowest BCUT2D eigenvalue weighted by Gasteiger charge is -2.10. The molecule has 0 unspecified atom stereocenters. The van der Waals surface area contributed by atoms with Gasteiger partial charge in [-0.1, -0.05) is 18.2 Å². The SMILES string of the molecule is Cc1cc(Oc2cccc(C)c2F)ccc1CCl. The van der Waals surface area contributed by atoms with Crippen LogP contribution >= 0.6 is 11.6 Å². The van der Waals surface area contributed by atoms with E-state index >= 15 is 0 Å². The van der Waals surface area contributed by atoms with Crippen LogP contribution < -0.4 is 4.74 Å². The zero-order valence-corrected chi connectivity index (χ0v) is 11.1. The van der Waals surface area contributed by atoms with Gasteiger partial charge in [-0.25, -0.2) is 4.39 Å². The molecule has 0 saturated carbocycles. The van der Waals surface area contributed by atoms with Gasteiger partial charge in [-0.15, -0.1) is 11.6 Å². The van der Waals surface area contributed by atoms with Crippen molar-refractivity contribution in [2.75, 3.05) is 0 Å². The van der Waals surface area contributed by atoms with Crippen molar-refractivity contribution in [1.82, 2.24) is 0 Å². The Labute approximate surface area is 111 Å². The molecule has 0 aromatic heterocycles. The zero-order valence-electron chi connectivity index (χ0n) is 10.3. The van der Waals surface area contributed by atoms with Crippen molar-refractivity contribution in [1.29, 1.82) is 0 Å². The molecule has 94 valence electrons. The monoisotopic (exact) mass is 264 g/mol. The predicted octanol–water partition coefficient (Wildman–Crippen LogP) is 4.97. The second-order valence-corrected chi connectivity index (χ2v) is 4.48. The van der Waals surface area contributed by atoms with Crippen LogP contribution in [-0.2, 0) is 5.88 Å². The summed E-state index contributed by atoms with van der Waals surface area (Å²) in [6.07, 6.45) is 0. The van der Waals surface area contributed by atoms with Gasteiger partial charge >= 0.3 is 0 Å². The van der Waals surface area contributed by atoms with Gasteiger partial charge in [-0.3, -0.25) is 0 Å². The van der Waals surface area contributed by atoms with E-state index in [1.165, 1.54) is 0 Å². The van der Waals surface area contributed by atoms with E-state index in [2.05, 4.69) is 0 Å². The van der Waals surface area contributed by atoms with Crippen LogP contribution in [0.15, 0.2) is 36.4 Å². The van der Waals surface area contributed by atoms with E-state index in [4.69, 9.17) is 16.3 Å². The van der Waals surface area contributed by atoms with Gasteiger partial charge in [0.1, 0.15) is 5.75 Å². The maximum atomic E-state index is 13.8. The molecule has 0 aliphatic carbocycles. The molecule has 2 aromatic rings. The molecule has 0 bridgehead atoms. The van der Waals surface area contributed by atoms with Crippen LogP contribution in [0.2, 0.25) is 0 Å². The van der Waals surface area contributed by atoms with Gasteiger partial charge in [0, 0.05) is 5.88 Å². The molecule has 0 spiro atoms. The Kier molecular flexibility index (Phi) is 3.87. The maximum absolute atomic E-state index is 13.8. The Morgan fingerprint density at radius 1 is 1.11 bits per heavy atom. The molecule has 0 heterocycles. The molecule has 0 fully saturated rings. The fraction of sp³-hybridized carbons (Fsp3) is 0.200. The van der Waals surface area contributed by atoms with Crippen molar-refractivity contribution in [2.45, 2.75) is 19.7 Å². The second kappa shape index (κ2) is 5.40. The molecule has 0 aliphatic heterocycles. The first kappa shape index (κ1) is 12.9. The Morgan fingerprint density at radius 2 is 1.89 bits per heavy atom. The number of aryl methyl sites for hydroxylation is 2. The number of ether oxygens (including phenoxy) is 1. The number of alkyl halides is 1. The zero-order chi connectivity index (χ0) is 13.1. The smallest absolute Gasteiger partial charge is 0.168 e. The number of hydrogen-bond acceptors (Lipinski definition) is 1. The third kappa shape index (κ3) is 2.65. The Hall–Kier alpha value is -1.54. The van der Waals surface area contributed by atoms with Crippen LogP contribution in [0.3, 0.4) is 0 Å². The number of benzene rings is 2. The molecule has 2 aromatic carbocycles. The molecule has 3 heteroatoms. The minimum atomic E-state index is -0.323. The van der Waals surface area contributed by atoms with Crippen LogP contribution in [0.5, 0.6) is 11.5 Å². The minimum Gasteiger partial charge on any atom is -0.454 e. The topological polar surface area (TPSA) is 9.23 Å². The third-order valence-corrected chi connectivity index (χ3v) is 3.13. The van der Waals surface area contributed by atoms with Gasteiger partial charge < -0.3 is 4.74 Å². The van der Waals surface area contributed by atoms with Gasteiger partial charge in [0.25, 0.3) is 0 Å². The number of halogens is 2. The van der Waals surface area contributed by atoms with Gasteiger partial charge in [0.2, 0.25) is 0 Å². The van der Waals surface area contributed by atoms with Crippen LogP contribution in [0.1, 0.15) is 16.7 Å². The number of rotatable bonds is 3. The maximum Gasteiger partial charge on any atom is 0.168 e. The summed E-state index contributed by atoms with van der Waals surface area (Å²) in [5.41, 5.74) is 2.66. The molecule has 0 aliphatic rings. The second-order valence-electron chi connectivity index (χ2n) is 4.21. The highest BCUT2D eigenvalue weighted by Gasteiger charge is 2.07. The van der Waals surface area contributed by atoms with E-state index in [1.807, 2.05) is 19.1 Å². The van der Waals surface area contributed by atoms with Crippen LogP contribution in [0.25, 0.3) is 0 Å². The lowest BCUT2D eigenvalue weighted by molar-refractivity contribution is 0.439. The van der Waals surface area contributed by atoms with E-state index in [0.29, 0.717) is 17.2 Å². The van der Waals surface area contributed by atoms with E-state index in [-0.39, 0.29) is 11.6 Å². The van der Waals surface area contributed by atoms with Gasteiger partial charge in [-0.2, -0.15) is 0 Å². The molecule has 2 rings (SSSR count). The standard InChI is InChI=1S/C15H14ClFO/c1-10-4-3-5-14(15(10)17)18-13-7-6-12(9-16)11(2)8-13/h3-8H,9H2,1-2H3. The minimum absolute atomic E-state index is 0.244. The quantitative estimate of drug-likeness (QED) is 0.711. The molecular weight excluding hydrogens is 251 g/mol. The Balaban J connectivity index is 2.29. The van der Waals surface area contributed by atoms with Crippen molar-refractivity contribution in [3.05, 3.63) is 58.9 Å². The number of hydrogen-bond donors (Lipinski definition) is 0. The summed E-state index contributed by atoms with van der Waals surface area (Å²) in [6, 6.07) is 10.7. The Bertz CT molecular complexity index is 566. The molecule has 0 radical (unpaired) electrons. The van der Waals surface area contributed by atoms with Crippen LogP contribution in [0, 0.1) is 19.7 Å². The summed E-state index contributed by atoms with van der Waals surface area (Å²) in [4.78, 5) is 0. The average molecular weight is 265 g/mol. The van der Waals surface area contributed by atoms with Crippen molar-refractivity contribution < 1.29 is 9.13 Å². The summed E-state index contributed by atoms with van der Waals surface area (Å²) in [5, 5.41) is 0. The van der Waals surface area contributed by atoms with E-state index in [9.17, 15) is 4.39 Å². The summed E-state index contributed by atoms with van der Waals surface area (Å²) in [7, 11) is 0. The average Bonchev–Trinajstić information content (AvgIpc) is 2.35. The molecule has 0 saturated heterocycles. The van der Waals surface area contributed by atoms with E-state index in [0.717, 1.165) is 11.1 Å². The molecule has 0 amide bonds. The molecule has 0 atom stereocenters. The molecule has 1 nitrogen and oxygen atoms in total. The first-order valence-electron chi connectivity index (χ1n) is 5.70. The van der Waals surface area contributed by atoms with Gasteiger partial charge in [0.15, 0.2) is 11.6 Å². The first-order chi connectivity index (χ1) is 8.61. The summed E-state index contributed by atoms with van der Waals surface area (Å²) in [6.45, 7) is 3.67. The van der Waals surface area contributed by atoms with E-state index in [1.54, 1.807) is 31.2 Å². The van der Waals surface area contributed by atoms with Gasteiger partial charge in [-0.05, 0) is 48.7 Å². The van der Waals surface area contributed by atoms with Crippen molar-refractivity contribution >= 4 is 11.6 Å². The van der Waals surface area contributed by atoms with E-state index < -0.39 is 0 Å². The van der Waals surface area contributed by atoms with Crippen LogP contribution in [0.4, 0.5) is 4.39 Å². The van der Waals surface area contributed by atoms with Crippen LogP contribution in [-0.4, -0.2) is 0 Å². The fourth-order valence-corrected chi connectivity index (χ4v) is 2.01. The highest BCUT2D eigenvalue weighted by molar-refractivity contribution is 6.17. The van der Waals surface area contributed by atoms with Crippen molar-refractivity contribution in [3.8, 4) is 11.5 Å². The first-order valence-corrected chi connectivity index (χ1v) is 6.23. The van der Waals surface area contributed by atoms with Crippen molar-refractivity contribution in [2.24, 2.45) is 0 Å². The Morgan fingerprint density at radius 3 is 2.56 bits per heavy atom. The van der Waals surface area contributed by atoms with Gasteiger partial charge in [0.05, 0.1) is 0 Å². The lowest BCUT2D eigenvalue weighted by Crippen LogP contribution is -1.92. The highest BCUT2D eigenvalue weighted by Crippen LogP contribution is 2.27. The molecule has 0 N–H and O–H groups in total. The molecular formula is C15H14ClFO. The largest absolute Gasteiger partial charge is 0.454 e.